The average Bonchev–Trinajstić information content (AvgIpc) is 2.39. The Morgan fingerprint density at radius 1 is 0.750 bits per heavy atom. The molecule has 16 heavy (non-hydrogen) atoms. The highest BCUT2D eigenvalue weighted by atomic mass is 14.1. The van der Waals surface area contributed by atoms with Crippen LogP contribution in [0.5, 0.6) is 0 Å². The molecule has 0 N–H and O–H groups in total. The number of benzene rings is 2. The minimum atomic E-state index is 1.09. The van der Waals surface area contributed by atoms with Gasteiger partial charge in [0.25, 0.3) is 0 Å². The molecule has 0 amide bonds. The molecule has 2 aromatic carbocycles. The van der Waals surface area contributed by atoms with Crippen LogP contribution >= 0.6 is 0 Å². The fourth-order valence-electron chi connectivity index (χ4n) is 1.72. The summed E-state index contributed by atoms with van der Waals surface area (Å²) in [4.78, 5) is 0. The Bertz CT molecular complexity index is 430. The zero-order chi connectivity index (χ0) is 11.4. The fraction of sp³-hybridized carbons (Fsp3) is 0.0625. The van der Waals surface area contributed by atoms with E-state index in [-0.39, 0.29) is 0 Å². The van der Waals surface area contributed by atoms with Crippen molar-refractivity contribution >= 4 is 11.1 Å². The van der Waals surface area contributed by atoms with Gasteiger partial charge in [0.1, 0.15) is 0 Å². The van der Waals surface area contributed by atoms with Gasteiger partial charge in [-0.1, -0.05) is 60.7 Å². The van der Waals surface area contributed by atoms with E-state index >= 15 is 0 Å². The highest BCUT2D eigenvalue weighted by molar-refractivity contribution is 5.91. The third-order valence-electron chi connectivity index (χ3n) is 2.78. The Labute approximate surface area is 97.3 Å². The number of allylic oxidation sites excluding steroid dienone is 2. The van der Waals surface area contributed by atoms with E-state index in [9.17, 15) is 0 Å². The molecule has 0 saturated carbocycles. The molecule has 0 fully saturated rings. The van der Waals surface area contributed by atoms with Crippen molar-refractivity contribution in [3.8, 4) is 0 Å². The van der Waals surface area contributed by atoms with Crippen LogP contribution in [0.1, 0.15) is 18.1 Å². The standard InChI is InChI=1S/C16H15/c1-13(15-9-5-3-6-10-15)14(2)16-11-7-4-8-12-16/h3-12H,1H2,2H3. The predicted octanol–water partition coefficient (Wildman–Crippen LogP) is 4.45. The summed E-state index contributed by atoms with van der Waals surface area (Å²) in [5, 5.41) is 0. The van der Waals surface area contributed by atoms with Crippen molar-refractivity contribution in [3.05, 3.63) is 78.7 Å². The molecule has 0 aliphatic heterocycles. The monoisotopic (exact) mass is 207 g/mol. The van der Waals surface area contributed by atoms with Crippen LogP contribution in [0.2, 0.25) is 0 Å². The molecule has 0 heteroatoms. The molecule has 0 bridgehead atoms. The zero-order valence-electron chi connectivity index (χ0n) is 9.48. The number of hydrogen-bond donors (Lipinski definition) is 0. The van der Waals surface area contributed by atoms with Crippen molar-refractivity contribution in [3.63, 3.8) is 0 Å². The van der Waals surface area contributed by atoms with Gasteiger partial charge in [-0.3, -0.25) is 0 Å². The normalized spacial score (nSPS) is 12.1. The summed E-state index contributed by atoms with van der Waals surface area (Å²) in [5.74, 6) is 0. The van der Waals surface area contributed by atoms with Gasteiger partial charge < -0.3 is 0 Å². The number of rotatable bonds is 2. The summed E-state index contributed by atoms with van der Waals surface area (Å²) >= 11 is 0. The van der Waals surface area contributed by atoms with Gasteiger partial charge in [0.2, 0.25) is 0 Å². The van der Waals surface area contributed by atoms with Crippen molar-refractivity contribution in [2.75, 3.05) is 0 Å². The summed E-state index contributed by atoms with van der Waals surface area (Å²) in [7, 11) is 0. The first-order chi connectivity index (χ1) is 7.79. The summed E-state index contributed by atoms with van der Waals surface area (Å²) in [6.45, 7) is 6.28. The number of hydrogen-bond acceptors (Lipinski definition) is 0. The highest BCUT2D eigenvalue weighted by Crippen LogP contribution is 2.24. The first kappa shape index (κ1) is 10.7. The van der Waals surface area contributed by atoms with Crippen molar-refractivity contribution in [2.45, 2.75) is 6.92 Å². The fourth-order valence-corrected chi connectivity index (χ4v) is 1.72. The lowest BCUT2D eigenvalue weighted by molar-refractivity contribution is 1.55. The van der Waals surface area contributed by atoms with Gasteiger partial charge in [0.05, 0.1) is 0 Å². The van der Waals surface area contributed by atoms with E-state index in [0.717, 1.165) is 5.57 Å². The molecule has 0 nitrogen and oxygen atoms in total. The first-order valence-corrected chi connectivity index (χ1v) is 5.42. The maximum atomic E-state index is 4.16. The molecular formula is C16H15. The quantitative estimate of drug-likeness (QED) is 0.638. The second-order valence-corrected chi connectivity index (χ2v) is 3.84. The van der Waals surface area contributed by atoms with Crippen LogP contribution in [-0.2, 0) is 0 Å². The van der Waals surface area contributed by atoms with Crippen molar-refractivity contribution < 1.29 is 0 Å². The van der Waals surface area contributed by atoms with Crippen LogP contribution in [-0.4, -0.2) is 0 Å². The Morgan fingerprint density at radius 2 is 1.19 bits per heavy atom. The summed E-state index contributed by atoms with van der Waals surface area (Å²) in [6, 6.07) is 20.7. The Morgan fingerprint density at radius 3 is 1.69 bits per heavy atom. The van der Waals surface area contributed by atoms with Gasteiger partial charge in [-0.15, -0.1) is 0 Å². The molecule has 2 rings (SSSR count). The predicted molar refractivity (Wildman–Crippen MR) is 70.7 cm³/mol. The summed E-state index contributed by atoms with van der Waals surface area (Å²) in [5.41, 5.74) is 4.74. The SMILES string of the molecule is [CH2]C(=C(C)c1ccccc1)c1ccccc1. The molecule has 0 saturated heterocycles. The zero-order valence-corrected chi connectivity index (χ0v) is 9.48. The van der Waals surface area contributed by atoms with Gasteiger partial charge in [-0.2, -0.15) is 0 Å². The van der Waals surface area contributed by atoms with Crippen LogP contribution in [0.15, 0.2) is 60.7 Å². The Hall–Kier alpha value is -1.82. The Kier molecular flexibility index (Phi) is 3.21. The van der Waals surface area contributed by atoms with Crippen LogP contribution < -0.4 is 0 Å². The molecule has 0 heterocycles. The maximum Gasteiger partial charge on any atom is -0.0222 e. The first-order valence-electron chi connectivity index (χ1n) is 5.42. The van der Waals surface area contributed by atoms with Crippen molar-refractivity contribution in [1.82, 2.24) is 0 Å². The van der Waals surface area contributed by atoms with E-state index in [1.54, 1.807) is 0 Å². The molecule has 0 aromatic heterocycles. The minimum absolute atomic E-state index is 1.09. The molecule has 0 unspecified atom stereocenters. The second-order valence-electron chi connectivity index (χ2n) is 3.84. The molecule has 0 spiro atoms. The van der Waals surface area contributed by atoms with Crippen LogP contribution in [0.25, 0.3) is 11.1 Å². The molecule has 2 aromatic rings. The largest absolute Gasteiger partial charge is 0.0622 e. The average molecular weight is 207 g/mol. The lowest BCUT2D eigenvalue weighted by atomic mass is 9.97. The van der Waals surface area contributed by atoms with Crippen LogP contribution in [0.3, 0.4) is 0 Å². The van der Waals surface area contributed by atoms with Crippen molar-refractivity contribution in [1.29, 1.82) is 0 Å². The molecule has 0 aliphatic rings. The van der Waals surface area contributed by atoms with Gasteiger partial charge in [0.15, 0.2) is 0 Å². The lowest BCUT2D eigenvalue weighted by Gasteiger charge is -2.08. The van der Waals surface area contributed by atoms with Gasteiger partial charge in [-0.05, 0) is 36.1 Å². The van der Waals surface area contributed by atoms with E-state index in [1.165, 1.54) is 16.7 Å². The van der Waals surface area contributed by atoms with Gasteiger partial charge in [0, 0.05) is 0 Å². The minimum Gasteiger partial charge on any atom is -0.0622 e. The third-order valence-corrected chi connectivity index (χ3v) is 2.78. The smallest absolute Gasteiger partial charge is 0.0222 e. The van der Waals surface area contributed by atoms with Crippen molar-refractivity contribution in [2.24, 2.45) is 0 Å². The van der Waals surface area contributed by atoms with Crippen LogP contribution in [0.4, 0.5) is 0 Å². The molecular weight excluding hydrogens is 192 g/mol. The molecule has 0 atom stereocenters. The topological polar surface area (TPSA) is 0 Å². The Balaban J connectivity index is 2.43. The van der Waals surface area contributed by atoms with Gasteiger partial charge >= 0.3 is 0 Å². The summed E-state index contributed by atoms with van der Waals surface area (Å²) < 4.78 is 0. The molecule has 79 valence electrons. The van der Waals surface area contributed by atoms with Crippen LogP contribution in [0, 0.1) is 6.92 Å². The third kappa shape index (κ3) is 2.22. The maximum absolute atomic E-state index is 4.16. The summed E-state index contributed by atoms with van der Waals surface area (Å²) in [6.07, 6.45) is 0. The highest BCUT2D eigenvalue weighted by Gasteiger charge is 2.01. The lowest BCUT2D eigenvalue weighted by Crippen LogP contribution is -1.85. The van der Waals surface area contributed by atoms with E-state index in [4.69, 9.17) is 0 Å². The van der Waals surface area contributed by atoms with E-state index in [1.807, 2.05) is 24.3 Å². The van der Waals surface area contributed by atoms with E-state index in [0.29, 0.717) is 0 Å². The molecule has 0 aliphatic carbocycles. The second kappa shape index (κ2) is 4.80. The van der Waals surface area contributed by atoms with E-state index < -0.39 is 0 Å². The molecule has 1 radical (unpaired) electrons. The van der Waals surface area contributed by atoms with Gasteiger partial charge in [-0.25, -0.2) is 0 Å². The van der Waals surface area contributed by atoms with E-state index in [2.05, 4.69) is 50.2 Å².